The van der Waals surface area contributed by atoms with Crippen molar-refractivity contribution in [3.05, 3.63) is 48.3 Å². The molecule has 1 aromatic heterocycles. The van der Waals surface area contributed by atoms with E-state index in [1.165, 1.54) is 0 Å². The fraction of sp³-hybridized carbons (Fsp3) is 0.267. The molecule has 1 aromatic carbocycles. The Morgan fingerprint density at radius 3 is 2.42 bits per heavy atom. The van der Waals surface area contributed by atoms with E-state index in [1.54, 1.807) is 12.4 Å². The number of aryl methyl sites for hydroxylation is 1. The van der Waals surface area contributed by atoms with E-state index in [4.69, 9.17) is 0 Å². The first-order chi connectivity index (χ1) is 9.15. The standard InChI is InChI=1S/C15H18N4/c1-11(2)17-14-4-5-15(12(3)10-14)19-18-13-6-8-16-9-7-13/h4-11,17H,1-3H3. The van der Waals surface area contributed by atoms with Crippen LogP contribution < -0.4 is 5.32 Å². The molecule has 2 rings (SSSR count). The zero-order valence-corrected chi connectivity index (χ0v) is 11.5. The summed E-state index contributed by atoms with van der Waals surface area (Å²) >= 11 is 0. The van der Waals surface area contributed by atoms with Gasteiger partial charge in [0.25, 0.3) is 0 Å². The summed E-state index contributed by atoms with van der Waals surface area (Å²) in [5.74, 6) is 0. The summed E-state index contributed by atoms with van der Waals surface area (Å²) < 4.78 is 0. The van der Waals surface area contributed by atoms with Crippen molar-refractivity contribution in [3.63, 3.8) is 0 Å². The zero-order chi connectivity index (χ0) is 13.7. The van der Waals surface area contributed by atoms with Gasteiger partial charge in [0.15, 0.2) is 0 Å². The third-order valence-electron chi connectivity index (χ3n) is 2.59. The number of hydrogen-bond donors (Lipinski definition) is 1. The lowest BCUT2D eigenvalue weighted by atomic mass is 10.2. The van der Waals surface area contributed by atoms with E-state index in [2.05, 4.69) is 40.4 Å². The molecule has 19 heavy (non-hydrogen) atoms. The molecule has 4 nitrogen and oxygen atoms in total. The van der Waals surface area contributed by atoms with Crippen molar-refractivity contribution in [2.75, 3.05) is 5.32 Å². The fourth-order valence-corrected chi connectivity index (χ4v) is 1.71. The minimum Gasteiger partial charge on any atom is -0.383 e. The fourth-order valence-electron chi connectivity index (χ4n) is 1.71. The van der Waals surface area contributed by atoms with E-state index in [0.29, 0.717) is 6.04 Å². The molecule has 0 spiro atoms. The highest BCUT2D eigenvalue weighted by Gasteiger charge is 2.00. The Bertz CT molecular complexity index is 562. The van der Waals surface area contributed by atoms with Gasteiger partial charge in [-0.3, -0.25) is 4.98 Å². The Labute approximate surface area is 113 Å². The minimum atomic E-state index is 0.420. The second kappa shape index (κ2) is 6.09. The van der Waals surface area contributed by atoms with Crippen LogP contribution in [0, 0.1) is 6.92 Å². The quantitative estimate of drug-likeness (QED) is 0.809. The number of anilines is 1. The Kier molecular flexibility index (Phi) is 4.23. The lowest BCUT2D eigenvalue weighted by molar-refractivity contribution is 0.899. The first-order valence-electron chi connectivity index (χ1n) is 6.34. The van der Waals surface area contributed by atoms with Gasteiger partial charge in [-0.15, -0.1) is 0 Å². The maximum atomic E-state index is 4.27. The van der Waals surface area contributed by atoms with Crippen LogP contribution in [0.2, 0.25) is 0 Å². The summed E-state index contributed by atoms with van der Waals surface area (Å²) in [6.07, 6.45) is 3.41. The highest BCUT2D eigenvalue weighted by Crippen LogP contribution is 2.24. The molecule has 0 saturated heterocycles. The molecule has 1 N–H and O–H groups in total. The Morgan fingerprint density at radius 1 is 1.05 bits per heavy atom. The molecule has 0 atom stereocenters. The number of aromatic nitrogens is 1. The lowest BCUT2D eigenvalue weighted by Gasteiger charge is -2.11. The number of hydrogen-bond acceptors (Lipinski definition) is 4. The van der Waals surface area contributed by atoms with Crippen molar-refractivity contribution in [2.24, 2.45) is 10.2 Å². The molecule has 0 bridgehead atoms. The number of azo groups is 1. The van der Waals surface area contributed by atoms with Crippen LogP contribution in [0.15, 0.2) is 53.0 Å². The molecule has 0 aliphatic rings. The first-order valence-corrected chi connectivity index (χ1v) is 6.34. The van der Waals surface area contributed by atoms with Crippen LogP contribution in [0.4, 0.5) is 17.1 Å². The average Bonchev–Trinajstić information content (AvgIpc) is 2.38. The summed E-state index contributed by atoms with van der Waals surface area (Å²) in [6.45, 7) is 6.27. The number of pyridine rings is 1. The maximum absolute atomic E-state index is 4.27. The van der Waals surface area contributed by atoms with Crippen LogP contribution >= 0.6 is 0 Å². The van der Waals surface area contributed by atoms with E-state index in [0.717, 1.165) is 22.6 Å². The molecular weight excluding hydrogens is 236 g/mol. The highest BCUT2D eigenvalue weighted by atomic mass is 15.1. The number of nitrogens with zero attached hydrogens (tertiary/aromatic N) is 3. The lowest BCUT2D eigenvalue weighted by Crippen LogP contribution is -2.09. The minimum absolute atomic E-state index is 0.420. The van der Waals surface area contributed by atoms with Gasteiger partial charge in [-0.1, -0.05) is 0 Å². The Balaban J connectivity index is 2.15. The number of benzene rings is 1. The number of nitrogens with one attached hydrogen (secondary N) is 1. The summed E-state index contributed by atoms with van der Waals surface area (Å²) in [5.41, 5.74) is 3.89. The van der Waals surface area contributed by atoms with Gasteiger partial charge in [0.1, 0.15) is 0 Å². The van der Waals surface area contributed by atoms with Crippen molar-refractivity contribution in [2.45, 2.75) is 26.8 Å². The van der Waals surface area contributed by atoms with Gasteiger partial charge in [-0.05, 0) is 56.7 Å². The second-order valence-electron chi connectivity index (χ2n) is 4.71. The van der Waals surface area contributed by atoms with Crippen molar-refractivity contribution >= 4 is 17.1 Å². The predicted octanol–water partition coefficient (Wildman–Crippen LogP) is 4.63. The summed E-state index contributed by atoms with van der Waals surface area (Å²) in [5, 5.41) is 11.8. The molecule has 0 unspecified atom stereocenters. The normalized spacial score (nSPS) is 11.2. The predicted molar refractivity (Wildman–Crippen MR) is 78.4 cm³/mol. The summed E-state index contributed by atoms with van der Waals surface area (Å²) in [7, 11) is 0. The van der Waals surface area contributed by atoms with Crippen LogP contribution in [0.5, 0.6) is 0 Å². The summed E-state index contributed by atoms with van der Waals surface area (Å²) in [4.78, 5) is 3.95. The van der Waals surface area contributed by atoms with Gasteiger partial charge in [-0.25, -0.2) is 0 Å². The van der Waals surface area contributed by atoms with Crippen molar-refractivity contribution in [1.82, 2.24) is 4.98 Å². The van der Waals surface area contributed by atoms with Crippen LogP contribution in [0.3, 0.4) is 0 Å². The topological polar surface area (TPSA) is 49.6 Å². The summed E-state index contributed by atoms with van der Waals surface area (Å²) in [6, 6.07) is 10.2. The smallest absolute Gasteiger partial charge is 0.0887 e. The first kappa shape index (κ1) is 13.2. The second-order valence-corrected chi connectivity index (χ2v) is 4.71. The highest BCUT2D eigenvalue weighted by molar-refractivity contribution is 5.56. The molecule has 0 aliphatic heterocycles. The van der Waals surface area contributed by atoms with E-state index in [1.807, 2.05) is 31.2 Å². The Hall–Kier alpha value is -2.23. The van der Waals surface area contributed by atoms with Gasteiger partial charge in [0, 0.05) is 24.1 Å². The van der Waals surface area contributed by atoms with Gasteiger partial charge < -0.3 is 5.32 Å². The van der Waals surface area contributed by atoms with Gasteiger partial charge in [0.05, 0.1) is 11.4 Å². The molecule has 98 valence electrons. The Morgan fingerprint density at radius 2 is 1.79 bits per heavy atom. The molecule has 0 aliphatic carbocycles. The SMILES string of the molecule is Cc1cc(NC(C)C)ccc1N=Nc1ccncc1. The molecule has 2 aromatic rings. The van der Waals surface area contributed by atoms with Crippen LogP contribution in [-0.2, 0) is 0 Å². The third-order valence-corrected chi connectivity index (χ3v) is 2.59. The monoisotopic (exact) mass is 254 g/mol. The van der Waals surface area contributed by atoms with E-state index >= 15 is 0 Å². The maximum Gasteiger partial charge on any atom is 0.0887 e. The van der Waals surface area contributed by atoms with Crippen LogP contribution in [0.1, 0.15) is 19.4 Å². The molecule has 0 saturated carbocycles. The van der Waals surface area contributed by atoms with E-state index < -0.39 is 0 Å². The molecule has 0 radical (unpaired) electrons. The van der Waals surface area contributed by atoms with Crippen molar-refractivity contribution in [3.8, 4) is 0 Å². The molecule has 1 heterocycles. The van der Waals surface area contributed by atoms with Gasteiger partial charge >= 0.3 is 0 Å². The van der Waals surface area contributed by atoms with Crippen molar-refractivity contribution < 1.29 is 0 Å². The van der Waals surface area contributed by atoms with Gasteiger partial charge in [0.2, 0.25) is 0 Å². The largest absolute Gasteiger partial charge is 0.383 e. The van der Waals surface area contributed by atoms with Crippen LogP contribution in [0.25, 0.3) is 0 Å². The third kappa shape index (κ3) is 3.88. The number of rotatable bonds is 4. The van der Waals surface area contributed by atoms with Crippen LogP contribution in [-0.4, -0.2) is 11.0 Å². The molecule has 0 amide bonds. The molecular formula is C15H18N4. The van der Waals surface area contributed by atoms with E-state index in [9.17, 15) is 0 Å². The zero-order valence-electron chi connectivity index (χ0n) is 11.5. The van der Waals surface area contributed by atoms with Gasteiger partial charge in [-0.2, -0.15) is 10.2 Å². The van der Waals surface area contributed by atoms with Crippen molar-refractivity contribution in [1.29, 1.82) is 0 Å². The van der Waals surface area contributed by atoms with E-state index in [-0.39, 0.29) is 0 Å². The molecule has 4 heteroatoms. The average molecular weight is 254 g/mol. The molecule has 0 fully saturated rings.